The zero-order valence-corrected chi connectivity index (χ0v) is 17.0. The molecule has 31 heavy (non-hydrogen) atoms. The van der Waals surface area contributed by atoms with E-state index in [2.05, 4.69) is 5.32 Å². The van der Waals surface area contributed by atoms with Gasteiger partial charge in [0.25, 0.3) is 5.91 Å². The number of para-hydroxylation sites is 2. The van der Waals surface area contributed by atoms with Crippen LogP contribution in [0.5, 0.6) is 0 Å². The molecule has 0 spiro atoms. The van der Waals surface area contributed by atoms with E-state index in [1.54, 1.807) is 30.3 Å². The maximum Gasteiger partial charge on any atom is 0.266 e. The van der Waals surface area contributed by atoms with Crippen LogP contribution >= 0.6 is 0 Å². The minimum atomic E-state index is -0.470. The highest BCUT2D eigenvalue weighted by Crippen LogP contribution is 2.25. The second-order valence-corrected chi connectivity index (χ2v) is 7.26. The average molecular weight is 409 g/mol. The van der Waals surface area contributed by atoms with Crippen LogP contribution in [-0.2, 0) is 11.3 Å². The van der Waals surface area contributed by atoms with E-state index in [1.807, 2.05) is 66.2 Å². The van der Waals surface area contributed by atoms with Crippen LogP contribution < -0.4 is 5.32 Å². The molecule has 1 N–H and O–H groups in total. The molecule has 0 aliphatic heterocycles. The van der Waals surface area contributed by atoms with Gasteiger partial charge in [0, 0.05) is 33.9 Å². The number of rotatable bonds is 5. The van der Waals surface area contributed by atoms with Crippen LogP contribution in [0.4, 0.5) is 10.1 Å². The fourth-order valence-electron chi connectivity index (χ4n) is 3.54. The number of carbonyl (C=O) groups is 1. The molecule has 0 bridgehead atoms. The van der Waals surface area contributed by atoms with E-state index in [4.69, 9.17) is 0 Å². The molecule has 0 unspecified atom stereocenters. The first-order valence-corrected chi connectivity index (χ1v) is 9.87. The van der Waals surface area contributed by atoms with Crippen molar-refractivity contribution < 1.29 is 9.18 Å². The highest BCUT2D eigenvalue weighted by molar-refractivity contribution is 6.11. The van der Waals surface area contributed by atoms with E-state index >= 15 is 0 Å². The van der Waals surface area contributed by atoms with Crippen molar-refractivity contribution in [2.45, 2.75) is 13.5 Å². The van der Waals surface area contributed by atoms with Gasteiger partial charge in [-0.1, -0.05) is 54.6 Å². The van der Waals surface area contributed by atoms with E-state index in [-0.39, 0.29) is 11.4 Å². The first kappa shape index (κ1) is 20.1. The SMILES string of the molecule is Cc1ccccc1NC(=O)/C(C#N)=C/c1cn(Cc2ccccc2F)c2ccccc12. The van der Waals surface area contributed by atoms with E-state index < -0.39 is 5.91 Å². The summed E-state index contributed by atoms with van der Waals surface area (Å²) >= 11 is 0. The number of aromatic nitrogens is 1. The number of carbonyl (C=O) groups excluding carboxylic acids is 1. The van der Waals surface area contributed by atoms with Crippen molar-refractivity contribution in [1.82, 2.24) is 4.57 Å². The third kappa shape index (κ3) is 4.24. The van der Waals surface area contributed by atoms with Gasteiger partial charge < -0.3 is 9.88 Å². The monoisotopic (exact) mass is 409 g/mol. The van der Waals surface area contributed by atoms with Crippen LogP contribution in [0.25, 0.3) is 17.0 Å². The molecule has 0 saturated heterocycles. The van der Waals surface area contributed by atoms with Crippen molar-refractivity contribution in [1.29, 1.82) is 5.26 Å². The number of hydrogen-bond donors (Lipinski definition) is 1. The average Bonchev–Trinajstić information content (AvgIpc) is 3.12. The summed E-state index contributed by atoms with van der Waals surface area (Å²) in [7, 11) is 0. The normalized spacial score (nSPS) is 11.3. The molecule has 0 saturated carbocycles. The topological polar surface area (TPSA) is 57.8 Å². The zero-order chi connectivity index (χ0) is 21.8. The standard InChI is InChI=1S/C26H20FN3O/c1-18-8-2-6-12-24(18)29-26(31)20(15-28)14-21-17-30(25-13-7-4-10-22(21)25)16-19-9-3-5-11-23(19)27/h2-14,17H,16H2,1H3,(H,29,31)/b20-14+. The van der Waals surface area contributed by atoms with Crippen LogP contribution in [0.2, 0.25) is 0 Å². The van der Waals surface area contributed by atoms with Crippen molar-refractivity contribution in [2.24, 2.45) is 0 Å². The van der Waals surface area contributed by atoms with Gasteiger partial charge in [0.05, 0.1) is 6.54 Å². The summed E-state index contributed by atoms with van der Waals surface area (Å²) < 4.78 is 16.1. The van der Waals surface area contributed by atoms with E-state index in [0.29, 0.717) is 17.8 Å². The van der Waals surface area contributed by atoms with Crippen molar-refractivity contribution in [2.75, 3.05) is 5.32 Å². The summed E-state index contributed by atoms with van der Waals surface area (Å²) in [6, 6.07) is 23.7. The second-order valence-electron chi connectivity index (χ2n) is 7.26. The Bertz CT molecular complexity index is 1340. The highest BCUT2D eigenvalue weighted by Gasteiger charge is 2.14. The number of nitrogens with zero attached hydrogens (tertiary/aromatic N) is 2. The fraction of sp³-hybridized carbons (Fsp3) is 0.0769. The van der Waals surface area contributed by atoms with Gasteiger partial charge in [-0.25, -0.2) is 4.39 Å². The summed E-state index contributed by atoms with van der Waals surface area (Å²) in [5.41, 5.74) is 3.76. The van der Waals surface area contributed by atoms with Gasteiger partial charge in [-0.05, 0) is 36.8 Å². The number of hydrogen-bond acceptors (Lipinski definition) is 2. The number of amides is 1. The number of nitrogens with one attached hydrogen (secondary N) is 1. The Balaban J connectivity index is 1.71. The van der Waals surface area contributed by atoms with Crippen molar-refractivity contribution >= 4 is 28.6 Å². The largest absolute Gasteiger partial charge is 0.342 e. The highest BCUT2D eigenvalue weighted by atomic mass is 19.1. The first-order chi connectivity index (χ1) is 15.1. The number of halogens is 1. The Hall–Kier alpha value is -4.17. The van der Waals surface area contributed by atoms with E-state index in [9.17, 15) is 14.4 Å². The molecule has 0 aliphatic rings. The molecule has 4 rings (SSSR count). The molecule has 4 nitrogen and oxygen atoms in total. The molecule has 152 valence electrons. The summed E-state index contributed by atoms with van der Waals surface area (Å²) in [4.78, 5) is 12.7. The quantitative estimate of drug-likeness (QED) is 0.340. The Morgan fingerprint density at radius 1 is 1.06 bits per heavy atom. The lowest BCUT2D eigenvalue weighted by atomic mass is 10.1. The Kier molecular flexibility index (Phi) is 5.63. The molecule has 0 aliphatic carbocycles. The van der Waals surface area contributed by atoms with E-state index in [1.165, 1.54) is 6.07 Å². The molecule has 0 fully saturated rings. The Labute approximate surface area is 179 Å². The number of nitriles is 1. The van der Waals surface area contributed by atoms with Crippen LogP contribution in [0.1, 0.15) is 16.7 Å². The third-order valence-electron chi connectivity index (χ3n) is 5.18. The van der Waals surface area contributed by atoms with Crippen molar-refractivity contribution in [3.05, 3.63) is 107 Å². The summed E-state index contributed by atoms with van der Waals surface area (Å²) in [6.45, 7) is 2.24. The Morgan fingerprint density at radius 3 is 2.55 bits per heavy atom. The van der Waals surface area contributed by atoms with Crippen LogP contribution in [-0.4, -0.2) is 10.5 Å². The Morgan fingerprint density at radius 2 is 1.77 bits per heavy atom. The van der Waals surface area contributed by atoms with Crippen molar-refractivity contribution in [3.63, 3.8) is 0 Å². The van der Waals surface area contributed by atoms with Crippen LogP contribution in [0.3, 0.4) is 0 Å². The molecule has 1 aromatic heterocycles. The molecule has 1 heterocycles. The van der Waals surface area contributed by atoms with Gasteiger partial charge >= 0.3 is 0 Å². The molecule has 5 heteroatoms. The summed E-state index contributed by atoms with van der Waals surface area (Å²) in [5, 5.41) is 13.3. The fourth-order valence-corrected chi connectivity index (χ4v) is 3.54. The molecular weight excluding hydrogens is 389 g/mol. The molecule has 4 aromatic rings. The van der Waals surface area contributed by atoms with Gasteiger partial charge in [0.15, 0.2) is 0 Å². The third-order valence-corrected chi connectivity index (χ3v) is 5.18. The lowest BCUT2D eigenvalue weighted by Crippen LogP contribution is -2.14. The van der Waals surface area contributed by atoms with Crippen LogP contribution in [0.15, 0.2) is 84.6 Å². The van der Waals surface area contributed by atoms with Gasteiger partial charge in [0.2, 0.25) is 0 Å². The predicted octanol–water partition coefficient (Wildman–Crippen LogP) is 5.68. The zero-order valence-electron chi connectivity index (χ0n) is 17.0. The van der Waals surface area contributed by atoms with Crippen LogP contribution in [0, 0.1) is 24.1 Å². The first-order valence-electron chi connectivity index (χ1n) is 9.87. The molecule has 0 atom stereocenters. The maximum absolute atomic E-state index is 14.2. The van der Waals surface area contributed by atoms with Gasteiger partial charge in [0.1, 0.15) is 17.5 Å². The minimum absolute atomic E-state index is 0.00273. The van der Waals surface area contributed by atoms with E-state index in [0.717, 1.165) is 22.0 Å². The number of benzene rings is 3. The molecule has 1 amide bonds. The lowest BCUT2D eigenvalue weighted by Gasteiger charge is -2.07. The number of aryl methyl sites for hydroxylation is 1. The minimum Gasteiger partial charge on any atom is -0.342 e. The smallest absolute Gasteiger partial charge is 0.266 e. The maximum atomic E-state index is 14.2. The second kappa shape index (κ2) is 8.68. The lowest BCUT2D eigenvalue weighted by molar-refractivity contribution is -0.112. The summed E-state index contributed by atoms with van der Waals surface area (Å²) in [6.07, 6.45) is 3.42. The number of fused-ring (bicyclic) bond motifs is 1. The number of anilines is 1. The van der Waals surface area contributed by atoms with Gasteiger partial charge in [-0.2, -0.15) is 5.26 Å². The van der Waals surface area contributed by atoms with Crippen molar-refractivity contribution in [3.8, 4) is 6.07 Å². The molecular formula is C26H20FN3O. The van der Waals surface area contributed by atoms with Gasteiger partial charge in [-0.3, -0.25) is 4.79 Å². The molecule has 0 radical (unpaired) electrons. The van der Waals surface area contributed by atoms with Gasteiger partial charge in [-0.15, -0.1) is 0 Å². The summed E-state index contributed by atoms with van der Waals surface area (Å²) in [5.74, 6) is -0.740. The molecule has 3 aromatic carbocycles. The predicted molar refractivity (Wildman–Crippen MR) is 121 cm³/mol.